The Morgan fingerprint density at radius 2 is 1.62 bits per heavy atom. The van der Waals surface area contributed by atoms with Crippen LogP contribution in [0.15, 0.2) is 66.7 Å². The smallest absolute Gasteiger partial charge is 0.325 e. The van der Waals surface area contributed by atoms with Gasteiger partial charge in [-0.15, -0.1) is 0 Å². The minimum atomic E-state index is -1.10. The first-order valence-electron chi connectivity index (χ1n) is 9.41. The molecule has 4 rings (SSSR count). The van der Waals surface area contributed by atoms with E-state index in [0.717, 1.165) is 22.1 Å². The minimum Gasteiger partial charge on any atom is -0.497 e. The molecule has 0 saturated carbocycles. The molecule has 29 heavy (non-hydrogen) atoms. The number of amides is 3. The van der Waals surface area contributed by atoms with Gasteiger partial charge in [0, 0.05) is 0 Å². The molecule has 0 radical (unpaired) electrons. The Balaban J connectivity index is 1.46. The minimum absolute atomic E-state index is 0.167. The second kappa shape index (κ2) is 7.47. The summed E-state index contributed by atoms with van der Waals surface area (Å²) >= 11 is 0. The molecule has 1 aliphatic heterocycles. The van der Waals surface area contributed by atoms with Crippen molar-refractivity contribution in [3.63, 3.8) is 0 Å². The lowest BCUT2D eigenvalue weighted by Gasteiger charge is -2.22. The van der Waals surface area contributed by atoms with Crippen molar-refractivity contribution >= 4 is 22.7 Å². The van der Waals surface area contributed by atoms with Crippen LogP contribution in [0.25, 0.3) is 10.8 Å². The van der Waals surface area contributed by atoms with E-state index in [1.165, 1.54) is 4.90 Å². The van der Waals surface area contributed by atoms with Gasteiger partial charge >= 0.3 is 6.03 Å². The lowest BCUT2D eigenvalue weighted by molar-refractivity contribution is -0.131. The molecule has 1 atom stereocenters. The number of rotatable bonds is 6. The van der Waals surface area contributed by atoms with Gasteiger partial charge in [0.15, 0.2) is 0 Å². The second-order valence-corrected chi connectivity index (χ2v) is 7.10. The molecule has 6 heteroatoms. The highest BCUT2D eigenvalue weighted by Gasteiger charge is 2.48. The highest BCUT2D eigenvalue weighted by atomic mass is 16.5. The van der Waals surface area contributed by atoms with Crippen LogP contribution in [0.2, 0.25) is 0 Å². The van der Waals surface area contributed by atoms with Crippen molar-refractivity contribution in [3.05, 3.63) is 72.3 Å². The van der Waals surface area contributed by atoms with E-state index >= 15 is 0 Å². The third kappa shape index (κ3) is 3.49. The zero-order valence-corrected chi connectivity index (χ0v) is 16.3. The van der Waals surface area contributed by atoms with Crippen LogP contribution in [0.5, 0.6) is 11.5 Å². The molecule has 3 amide bonds. The van der Waals surface area contributed by atoms with Crippen LogP contribution in [0.4, 0.5) is 4.79 Å². The summed E-state index contributed by atoms with van der Waals surface area (Å²) in [6, 6.07) is 20.5. The van der Waals surface area contributed by atoms with E-state index in [9.17, 15) is 9.59 Å². The van der Waals surface area contributed by atoms with Crippen LogP contribution < -0.4 is 14.8 Å². The number of fused-ring (bicyclic) bond motifs is 1. The molecule has 1 N–H and O–H groups in total. The van der Waals surface area contributed by atoms with Crippen molar-refractivity contribution in [3.8, 4) is 11.5 Å². The van der Waals surface area contributed by atoms with Crippen molar-refractivity contribution in [2.24, 2.45) is 0 Å². The first-order chi connectivity index (χ1) is 14.0. The predicted molar refractivity (Wildman–Crippen MR) is 110 cm³/mol. The number of hydrogen-bond acceptors (Lipinski definition) is 4. The highest BCUT2D eigenvalue weighted by molar-refractivity contribution is 6.07. The van der Waals surface area contributed by atoms with Gasteiger partial charge in [0.05, 0.1) is 13.7 Å². The Labute approximate surface area is 169 Å². The maximum Gasteiger partial charge on any atom is 0.325 e. The molecule has 0 aromatic heterocycles. The predicted octanol–water partition coefficient (Wildman–Crippen LogP) is 3.69. The number of nitrogens with one attached hydrogen (secondary N) is 1. The van der Waals surface area contributed by atoms with Crippen LogP contribution >= 0.6 is 0 Å². The van der Waals surface area contributed by atoms with Gasteiger partial charge in [-0.3, -0.25) is 9.69 Å². The standard InChI is InChI=1S/C23H22N2O4/c1-23(18-8-7-16-5-3-4-6-17(16)15-18)21(26)25(22(27)24-23)13-14-29-20-11-9-19(28-2)10-12-20/h3-12,15H,13-14H2,1-2H3,(H,24,27). The lowest BCUT2D eigenvalue weighted by Crippen LogP contribution is -2.41. The van der Waals surface area contributed by atoms with Crippen LogP contribution in [0.1, 0.15) is 12.5 Å². The molecule has 3 aromatic rings. The maximum atomic E-state index is 13.1. The summed E-state index contributed by atoms with van der Waals surface area (Å²) in [6.07, 6.45) is 0. The molecule has 1 saturated heterocycles. The van der Waals surface area contributed by atoms with E-state index < -0.39 is 11.6 Å². The first kappa shape index (κ1) is 18.8. The van der Waals surface area contributed by atoms with E-state index in [4.69, 9.17) is 9.47 Å². The number of imide groups is 1. The molecule has 6 nitrogen and oxygen atoms in total. The van der Waals surface area contributed by atoms with E-state index in [1.54, 1.807) is 38.3 Å². The Morgan fingerprint density at radius 1 is 0.931 bits per heavy atom. The third-order valence-electron chi connectivity index (χ3n) is 5.24. The highest BCUT2D eigenvalue weighted by Crippen LogP contribution is 2.31. The zero-order chi connectivity index (χ0) is 20.4. The number of benzene rings is 3. The van der Waals surface area contributed by atoms with Gasteiger partial charge in [-0.25, -0.2) is 4.79 Å². The fourth-order valence-electron chi connectivity index (χ4n) is 3.52. The second-order valence-electron chi connectivity index (χ2n) is 7.10. The fraction of sp³-hybridized carbons (Fsp3) is 0.217. The molecular weight excluding hydrogens is 368 g/mol. The number of methoxy groups -OCH3 is 1. The average Bonchev–Trinajstić information content (AvgIpc) is 2.97. The van der Waals surface area contributed by atoms with Gasteiger partial charge < -0.3 is 14.8 Å². The van der Waals surface area contributed by atoms with Gasteiger partial charge in [0.25, 0.3) is 5.91 Å². The Bertz CT molecular complexity index is 1060. The van der Waals surface area contributed by atoms with Crippen molar-refractivity contribution in [2.45, 2.75) is 12.5 Å². The van der Waals surface area contributed by atoms with Crippen LogP contribution in [0.3, 0.4) is 0 Å². The molecule has 1 aliphatic rings. The number of nitrogens with zero attached hydrogens (tertiary/aromatic N) is 1. The van der Waals surface area contributed by atoms with Crippen molar-refractivity contribution < 1.29 is 19.1 Å². The van der Waals surface area contributed by atoms with Crippen LogP contribution in [-0.2, 0) is 10.3 Å². The lowest BCUT2D eigenvalue weighted by atomic mass is 9.90. The summed E-state index contributed by atoms with van der Waals surface area (Å²) in [5, 5.41) is 4.95. The third-order valence-corrected chi connectivity index (χ3v) is 5.24. The molecule has 0 bridgehead atoms. The molecule has 1 heterocycles. The van der Waals surface area contributed by atoms with Gasteiger partial charge in [-0.1, -0.05) is 36.4 Å². The number of carbonyl (C=O) groups excluding carboxylic acids is 2. The topological polar surface area (TPSA) is 67.9 Å². The largest absolute Gasteiger partial charge is 0.497 e. The van der Waals surface area contributed by atoms with E-state index in [-0.39, 0.29) is 19.1 Å². The molecule has 3 aromatic carbocycles. The number of hydrogen-bond donors (Lipinski definition) is 1. The van der Waals surface area contributed by atoms with E-state index in [1.807, 2.05) is 42.5 Å². The molecule has 1 fully saturated rings. The summed E-state index contributed by atoms with van der Waals surface area (Å²) in [4.78, 5) is 26.8. The average molecular weight is 390 g/mol. The fourth-order valence-corrected chi connectivity index (χ4v) is 3.52. The number of carbonyl (C=O) groups is 2. The quantitative estimate of drug-likeness (QED) is 0.652. The Kier molecular flexibility index (Phi) is 4.84. The molecule has 1 unspecified atom stereocenters. The van der Waals surface area contributed by atoms with Crippen LogP contribution in [0, 0.1) is 0 Å². The van der Waals surface area contributed by atoms with Gasteiger partial charge in [0.2, 0.25) is 0 Å². The van der Waals surface area contributed by atoms with Gasteiger partial charge in [-0.2, -0.15) is 0 Å². The monoisotopic (exact) mass is 390 g/mol. The van der Waals surface area contributed by atoms with Crippen LogP contribution in [-0.4, -0.2) is 37.1 Å². The number of urea groups is 1. The van der Waals surface area contributed by atoms with Crippen molar-refractivity contribution in [2.75, 3.05) is 20.3 Å². The Hall–Kier alpha value is -3.54. The molecular formula is C23H22N2O4. The number of ether oxygens (including phenoxy) is 2. The van der Waals surface area contributed by atoms with Crippen molar-refractivity contribution in [1.82, 2.24) is 10.2 Å². The van der Waals surface area contributed by atoms with Gasteiger partial charge in [-0.05, 0) is 53.6 Å². The summed E-state index contributed by atoms with van der Waals surface area (Å²) in [7, 11) is 1.60. The summed E-state index contributed by atoms with van der Waals surface area (Å²) < 4.78 is 10.8. The summed E-state index contributed by atoms with van der Waals surface area (Å²) in [5.41, 5.74) is -0.338. The van der Waals surface area contributed by atoms with Gasteiger partial charge in [0.1, 0.15) is 23.6 Å². The van der Waals surface area contributed by atoms with Crippen molar-refractivity contribution in [1.29, 1.82) is 0 Å². The SMILES string of the molecule is COc1ccc(OCCN2C(=O)NC(C)(c3ccc4ccccc4c3)C2=O)cc1. The normalized spacial score (nSPS) is 18.8. The molecule has 0 aliphatic carbocycles. The molecule has 0 spiro atoms. The summed E-state index contributed by atoms with van der Waals surface area (Å²) in [5.74, 6) is 1.10. The van der Waals surface area contributed by atoms with E-state index in [0.29, 0.717) is 5.75 Å². The zero-order valence-electron chi connectivity index (χ0n) is 16.3. The maximum absolute atomic E-state index is 13.1. The van der Waals surface area contributed by atoms with E-state index in [2.05, 4.69) is 5.32 Å². The first-order valence-corrected chi connectivity index (χ1v) is 9.41. The molecule has 148 valence electrons. The Morgan fingerprint density at radius 3 is 2.34 bits per heavy atom. The summed E-state index contributed by atoms with van der Waals surface area (Å²) in [6.45, 7) is 2.11.